The van der Waals surface area contributed by atoms with Gasteiger partial charge in [0.2, 0.25) is 0 Å². The summed E-state index contributed by atoms with van der Waals surface area (Å²) in [6.45, 7) is 3.44. The van der Waals surface area contributed by atoms with Crippen LogP contribution in [0, 0.1) is 10.1 Å². The number of hydrogen-bond donors (Lipinski definition) is 1. The molecule has 0 radical (unpaired) electrons. The molecule has 1 rings (SSSR count). The molecular formula is C9H11ClN2O4. The third kappa shape index (κ3) is 2.52. The summed E-state index contributed by atoms with van der Waals surface area (Å²) in [5, 5.41) is 13.4. The van der Waals surface area contributed by atoms with Crippen LogP contribution in [0.15, 0.2) is 23.0 Å². The van der Waals surface area contributed by atoms with Crippen LogP contribution in [-0.2, 0) is 9.53 Å². The lowest BCUT2D eigenvalue weighted by Crippen LogP contribution is -2.33. The van der Waals surface area contributed by atoms with E-state index >= 15 is 0 Å². The van der Waals surface area contributed by atoms with Gasteiger partial charge in [-0.15, -0.1) is 0 Å². The van der Waals surface area contributed by atoms with Crippen molar-refractivity contribution in [1.82, 2.24) is 5.32 Å². The highest BCUT2D eigenvalue weighted by Crippen LogP contribution is 2.22. The van der Waals surface area contributed by atoms with E-state index in [0.717, 1.165) is 0 Å². The zero-order valence-corrected chi connectivity index (χ0v) is 9.58. The van der Waals surface area contributed by atoms with Crippen molar-refractivity contribution < 1.29 is 14.5 Å². The lowest BCUT2D eigenvalue weighted by Gasteiger charge is -2.18. The van der Waals surface area contributed by atoms with Crippen molar-refractivity contribution in [3.05, 3.63) is 33.2 Å². The quantitative estimate of drug-likeness (QED) is 0.266. The van der Waals surface area contributed by atoms with Crippen molar-refractivity contribution in [3.8, 4) is 0 Å². The third-order valence-corrected chi connectivity index (χ3v) is 2.24. The average Bonchev–Trinajstić information content (AvgIpc) is 2.15. The fourth-order valence-electron chi connectivity index (χ4n) is 1.30. The van der Waals surface area contributed by atoms with Crippen LogP contribution in [0.3, 0.4) is 0 Å². The van der Waals surface area contributed by atoms with Gasteiger partial charge in [0.1, 0.15) is 5.57 Å². The van der Waals surface area contributed by atoms with Gasteiger partial charge in [0, 0.05) is 5.70 Å². The Labute approximate surface area is 97.1 Å². The number of ether oxygens (including phenoxy) is 1. The minimum absolute atomic E-state index is 0.108. The molecule has 0 saturated heterocycles. The van der Waals surface area contributed by atoms with Gasteiger partial charge in [0.15, 0.2) is 5.50 Å². The first kappa shape index (κ1) is 12.5. The van der Waals surface area contributed by atoms with Gasteiger partial charge in [0.25, 0.3) is 5.70 Å². The first-order valence-electron chi connectivity index (χ1n) is 4.62. The Kier molecular flexibility index (Phi) is 3.89. The number of esters is 1. The average molecular weight is 247 g/mol. The van der Waals surface area contributed by atoms with E-state index in [1.54, 1.807) is 13.8 Å². The van der Waals surface area contributed by atoms with E-state index in [1.807, 2.05) is 0 Å². The molecule has 0 amide bonds. The number of carbonyl (C=O) groups excluding carboxylic acids is 1. The van der Waals surface area contributed by atoms with E-state index in [9.17, 15) is 14.9 Å². The van der Waals surface area contributed by atoms with Crippen molar-refractivity contribution in [3.63, 3.8) is 0 Å². The minimum Gasteiger partial charge on any atom is -0.462 e. The molecule has 1 unspecified atom stereocenters. The molecule has 0 fully saturated rings. The van der Waals surface area contributed by atoms with Crippen molar-refractivity contribution in [2.75, 3.05) is 6.61 Å². The predicted octanol–water partition coefficient (Wildman–Crippen LogP) is 1.15. The molecule has 1 aliphatic heterocycles. The van der Waals surface area contributed by atoms with E-state index in [0.29, 0.717) is 5.70 Å². The summed E-state index contributed by atoms with van der Waals surface area (Å²) < 4.78 is 4.73. The molecule has 1 N–H and O–H groups in total. The highest BCUT2D eigenvalue weighted by atomic mass is 35.5. The lowest BCUT2D eigenvalue weighted by molar-refractivity contribution is -0.428. The Morgan fingerprint density at radius 3 is 2.88 bits per heavy atom. The van der Waals surface area contributed by atoms with E-state index in [4.69, 9.17) is 16.3 Å². The fourth-order valence-corrected chi connectivity index (χ4v) is 1.67. The summed E-state index contributed by atoms with van der Waals surface area (Å²) in [5.41, 5.74) is -0.943. The largest absolute Gasteiger partial charge is 0.462 e. The fraction of sp³-hybridized carbons (Fsp3) is 0.444. The van der Waals surface area contributed by atoms with E-state index < -0.39 is 16.4 Å². The number of nitrogens with zero attached hydrogens (tertiary/aromatic N) is 1. The number of carbonyl (C=O) groups is 1. The summed E-state index contributed by atoms with van der Waals surface area (Å²) >= 11 is 5.75. The van der Waals surface area contributed by atoms with Crippen LogP contribution < -0.4 is 5.32 Å². The highest BCUT2D eigenvalue weighted by Gasteiger charge is 2.34. The van der Waals surface area contributed by atoms with Gasteiger partial charge in [-0.25, -0.2) is 4.79 Å². The maximum atomic E-state index is 11.5. The summed E-state index contributed by atoms with van der Waals surface area (Å²) in [5.74, 6) is -0.735. The standard InChI is InChI=1S/C9H11ClN2O4/c1-3-16-9(13)6-4-5(2)11-8(10)7(6)12(14)15/h4,8,11H,3H2,1-2H3. The SMILES string of the molecule is CCOC(=O)C1=C([N+](=O)[O-])C(Cl)NC(C)=C1. The molecule has 1 aliphatic rings. The normalized spacial score (nSPS) is 19.9. The van der Waals surface area contributed by atoms with Gasteiger partial charge in [-0.3, -0.25) is 10.1 Å². The molecule has 0 saturated carbocycles. The van der Waals surface area contributed by atoms with Crippen molar-refractivity contribution in [1.29, 1.82) is 0 Å². The molecular weight excluding hydrogens is 236 g/mol. The van der Waals surface area contributed by atoms with Crippen LogP contribution in [0.25, 0.3) is 0 Å². The Bertz CT molecular complexity index is 389. The number of alkyl halides is 1. The number of allylic oxidation sites excluding steroid dienone is 1. The van der Waals surface area contributed by atoms with E-state index in [2.05, 4.69) is 5.32 Å². The molecule has 0 aliphatic carbocycles. The van der Waals surface area contributed by atoms with E-state index in [-0.39, 0.29) is 17.9 Å². The summed E-state index contributed by atoms with van der Waals surface area (Å²) in [4.78, 5) is 21.6. The first-order valence-corrected chi connectivity index (χ1v) is 5.05. The van der Waals surface area contributed by atoms with Crippen LogP contribution >= 0.6 is 11.6 Å². The van der Waals surface area contributed by atoms with Crippen molar-refractivity contribution >= 4 is 17.6 Å². The van der Waals surface area contributed by atoms with Crippen LogP contribution in [-0.4, -0.2) is 23.0 Å². The number of nitro groups is 1. The molecule has 88 valence electrons. The summed E-state index contributed by atoms with van der Waals surface area (Å²) in [6.07, 6.45) is 1.36. The predicted molar refractivity (Wildman–Crippen MR) is 57.2 cm³/mol. The van der Waals surface area contributed by atoms with Crippen LogP contribution in [0.4, 0.5) is 0 Å². The minimum atomic E-state index is -1.03. The molecule has 0 aromatic rings. The van der Waals surface area contributed by atoms with Crippen LogP contribution in [0.1, 0.15) is 13.8 Å². The van der Waals surface area contributed by atoms with Crippen LogP contribution in [0.2, 0.25) is 0 Å². The molecule has 6 nitrogen and oxygen atoms in total. The monoisotopic (exact) mass is 246 g/mol. The smallest absolute Gasteiger partial charge is 0.344 e. The topological polar surface area (TPSA) is 81.5 Å². The van der Waals surface area contributed by atoms with Gasteiger partial charge >= 0.3 is 5.97 Å². The zero-order chi connectivity index (χ0) is 12.3. The summed E-state index contributed by atoms with van der Waals surface area (Å²) in [6, 6.07) is 0. The molecule has 0 aromatic carbocycles. The second kappa shape index (κ2) is 4.98. The van der Waals surface area contributed by atoms with Gasteiger partial charge in [-0.1, -0.05) is 11.6 Å². The lowest BCUT2D eigenvalue weighted by atomic mass is 10.1. The van der Waals surface area contributed by atoms with Crippen molar-refractivity contribution in [2.45, 2.75) is 19.3 Å². The number of dihydropyridines is 1. The second-order valence-corrected chi connectivity index (χ2v) is 3.55. The van der Waals surface area contributed by atoms with E-state index in [1.165, 1.54) is 6.08 Å². The zero-order valence-electron chi connectivity index (χ0n) is 8.82. The van der Waals surface area contributed by atoms with Gasteiger partial charge in [-0.2, -0.15) is 0 Å². The number of nitrogens with one attached hydrogen (secondary N) is 1. The van der Waals surface area contributed by atoms with Gasteiger partial charge in [0.05, 0.1) is 11.5 Å². The number of hydrogen-bond acceptors (Lipinski definition) is 5. The van der Waals surface area contributed by atoms with Gasteiger partial charge < -0.3 is 10.1 Å². The highest BCUT2D eigenvalue weighted by molar-refractivity contribution is 6.22. The molecule has 1 heterocycles. The Morgan fingerprint density at radius 1 is 1.75 bits per heavy atom. The molecule has 7 heteroatoms. The maximum Gasteiger partial charge on any atom is 0.344 e. The Hall–Kier alpha value is -1.56. The maximum absolute atomic E-state index is 11.5. The summed E-state index contributed by atoms with van der Waals surface area (Å²) in [7, 11) is 0. The van der Waals surface area contributed by atoms with Gasteiger partial charge in [-0.05, 0) is 19.9 Å². The molecule has 0 aromatic heterocycles. The van der Waals surface area contributed by atoms with Crippen molar-refractivity contribution in [2.24, 2.45) is 0 Å². The molecule has 0 spiro atoms. The number of rotatable bonds is 3. The number of halogens is 1. The first-order chi connectivity index (χ1) is 7.47. The third-order valence-electron chi connectivity index (χ3n) is 1.92. The Morgan fingerprint density at radius 2 is 2.38 bits per heavy atom. The van der Waals surface area contributed by atoms with Crippen LogP contribution in [0.5, 0.6) is 0 Å². The second-order valence-electron chi connectivity index (χ2n) is 3.11. The molecule has 0 bridgehead atoms. The Balaban J connectivity index is 3.18. The molecule has 16 heavy (non-hydrogen) atoms. The molecule has 1 atom stereocenters.